The highest BCUT2D eigenvalue weighted by molar-refractivity contribution is 8.76. The van der Waals surface area contributed by atoms with Crippen molar-refractivity contribution >= 4 is 80.8 Å². The molecule has 21 nitrogen and oxygen atoms in total. The van der Waals surface area contributed by atoms with E-state index in [1.165, 1.54) is 16.7 Å². The number of hydrogen-bond donors (Lipinski definition) is 9. The molecule has 0 aromatic carbocycles. The smallest absolute Gasteiger partial charge is 0.327 e. The Morgan fingerprint density at radius 3 is 1.94 bits per heavy atom. The molecule has 53 heavy (non-hydrogen) atoms. The van der Waals surface area contributed by atoms with E-state index in [1.54, 1.807) is 0 Å². The Morgan fingerprint density at radius 2 is 1.30 bits per heavy atom. The molecule has 0 aromatic heterocycles. The molecule has 0 spiro atoms. The summed E-state index contributed by atoms with van der Waals surface area (Å²) in [6.07, 6.45) is 0.588. The maximum atomic E-state index is 13.3. The summed E-state index contributed by atoms with van der Waals surface area (Å²) in [7, 11) is 2.12. The number of amides is 8. The molecule has 0 radical (unpaired) electrons. The Morgan fingerprint density at radius 1 is 0.736 bits per heavy atom. The van der Waals surface area contributed by atoms with Crippen molar-refractivity contribution in [1.82, 2.24) is 41.7 Å². The average Bonchev–Trinajstić information content (AvgIpc) is 3.81. The lowest BCUT2D eigenvalue weighted by Gasteiger charge is -2.28. The third-order valence-electron chi connectivity index (χ3n) is 8.54. The van der Waals surface area contributed by atoms with E-state index < -0.39 is 122 Å². The van der Waals surface area contributed by atoms with E-state index in [-0.39, 0.29) is 37.4 Å². The van der Waals surface area contributed by atoms with Crippen LogP contribution >= 0.6 is 21.6 Å². The average molecular weight is 788 g/mol. The zero-order valence-electron chi connectivity index (χ0n) is 28.9. The number of carboxylic acid groups (broad SMARTS) is 2. The van der Waals surface area contributed by atoms with Crippen molar-refractivity contribution in [2.45, 2.75) is 81.7 Å². The summed E-state index contributed by atoms with van der Waals surface area (Å²) in [6, 6.07) is -6.98. The van der Waals surface area contributed by atoms with E-state index in [2.05, 4.69) is 31.9 Å². The minimum atomic E-state index is -1.41. The fourth-order valence-corrected chi connectivity index (χ4v) is 8.01. The van der Waals surface area contributed by atoms with Crippen LogP contribution in [0.1, 0.15) is 45.4 Å². The molecule has 0 aromatic rings. The zero-order valence-corrected chi connectivity index (χ0v) is 30.6. The molecule has 8 amide bonds. The summed E-state index contributed by atoms with van der Waals surface area (Å²) in [5.41, 5.74) is 6.12. The van der Waals surface area contributed by atoms with E-state index in [4.69, 9.17) is 5.73 Å². The van der Waals surface area contributed by atoms with Crippen molar-refractivity contribution in [2.24, 2.45) is 5.73 Å². The lowest BCUT2D eigenvalue weighted by Crippen LogP contribution is -2.56. The first-order valence-electron chi connectivity index (χ1n) is 16.9. The van der Waals surface area contributed by atoms with E-state index >= 15 is 0 Å². The predicted molar refractivity (Wildman–Crippen MR) is 187 cm³/mol. The van der Waals surface area contributed by atoms with Crippen LogP contribution in [0.4, 0.5) is 0 Å². The van der Waals surface area contributed by atoms with Crippen LogP contribution in [-0.4, -0.2) is 160 Å². The molecule has 3 saturated heterocycles. The van der Waals surface area contributed by atoms with Crippen LogP contribution in [0.2, 0.25) is 0 Å². The van der Waals surface area contributed by atoms with Gasteiger partial charge in [-0.1, -0.05) is 21.6 Å². The first-order chi connectivity index (χ1) is 25.1. The van der Waals surface area contributed by atoms with Crippen LogP contribution in [0.5, 0.6) is 0 Å². The molecule has 3 aliphatic rings. The van der Waals surface area contributed by atoms with Gasteiger partial charge in [0.2, 0.25) is 47.3 Å². The third kappa shape index (κ3) is 13.1. The van der Waals surface area contributed by atoms with E-state index in [0.29, 0.717) is 19.3 Å². The SMILES string of the molecule is C[C@@H]1NC(=O)CNC(=O)[C@H](CCC(=O)O)NC(=O)[C@@H]2CCCN2C(=O)CNC(=O)[C@@H]2CCCN2C(=O)[C@@H](N)CSSC[C@@H](C(=O)O)NC(=O)CNC1=O. The number of rotatable bonds is 4. The molecule has 3 fully saturated rings. The largest absolute Gasteiger partial charge is 0.481 e. The van der Waals surface area contributed by atoms with Gasteiger partial charge in [0, 0.05) is 31.0 Å². The lowest BCUT2D eigenvalue weighted by molar-refractivity contribution is -0.141. The molecule has 0 saturated carbocycles. The molecule has 23 heteroatoms. The van der Waals surface area contributed by atoms with Gasteiger partial charge in [-0.05, 0) is 39.0 Å². The second-order valence-corrected chi connectivity index (χ2v) is 15.1. The fourth-order valence-electron chi connectivity index (χ4n) is 5.74. The van der Waals surface area contributed by atoms with Gasteiger partial charge in [-0.3, -0.25) is 43.2 Å². The lowest BCUT2D eigenvalue weighted by atomic mass is 10.1. The Labute approximate surface area is 311 Å². The van der Waals surface area contributed by atoms with Crippen LogP contribution in [-0.2, 0) is 47.9 Å². The normalized spacial score (nSPS) is 28.4. The molecule has 10 N–H and O–H groups in total. The molecule has 3 rings (SSSR count). The molecular weight excluding hydrogens is 743 g/mol. The monoisotopic (exact) mass is 787 g/mol. The molecule has 0 bridgehead atoms. The van der Waals surface area contributed by atoms with Crippen molar-refractivity contribution in [3.63, 3.8) is 0 Å². The van der Waals surface area contributed by atoms with Crippen molar-refractivity contribution < 1.29 is 58.2 Å². The van der Waals surface area contributed by atoms with Gasteiger partial charge in [0.05, 0.1) is 25.7 Å². The number of hydrogen-bond acceptors (Lipinski definition) is 13. The number of carboxylic acids is 2. The van der Waals surface area contributed by atoms with Crippen molar-refractivity contribution in [3.8, 4) is 0 Å². The van der Waals surface area contributed by atoms with E-state index in [0.717, 1.165) is 21.6 Å². The summed E-state index contributed by atoms with van der Waals surface area (Å²) in [6.45, 7) is -0.0906. The summed E-state index contributed by atoms with van der Waals surface area (Å²) in [4.78, 5) is 129. The maximum Gasteiger partial charge on any atom is 0.327 e. The molecule has 0 unspecified atom stereocenters. The molecule has 3 aliphatic heterocycles. The van der Waals surface area contributed by atoms with Gasteiger partial charge in [0.25, 0.3) is 0 Å². The Kier molecular flexibility index (Phi) is 16.6. The minimum Gasteiger partial charge on any atom is -0.481 e. The van der Waals surface area contributed by atoms with Gasteiger partial charge in [-0.2, -0.15) is 0 Å². The molecule has 294 valence electrons. The molecule has 0 aliphatic carbocycles. The number of nitrogens with two attached hydrogens (primary N) is 1. The summed E-state index contributed by atoms with van der Waals surface area (Å²) in [5, 5.41) is 32.9. The van der Waals surface area contributed by atoms with Crippen molar-refractivity contribution in [2.75, 3.05) is 44.2 Å². The van der Waals surface area contributed by atoms with Gasteiger partial charge >= 0.3 is 11.9 Å². The Balaban J connectivity index is 1.77. The minimum absolute atomic E-state index is 0.0451. The maximum absolute atomic E-state index is 13.3. The van der Waals surface area contributed by atoms with Gasteiger partial charge in [0.1, 0.15) is 30.2 Å². The van der Waals surface area contributed by atoms with E-state index in [1.807, 2.05) is 0 Å². The highest BCUT2D eigenvalue weighted by atomic mass is 33.1. The van der Waals surface area contributed by atoms with Crippen LogP contribution in [0.3, 0.4) is 0 Å². The number of fused-ring (bicyclic) bond motifs is 2. The van der Waals surface area contributed by atoms with E-state index in [9.17, 15) is 58.2 Å². The predicted octanol–water partition coefficient (Wildman–Crippen LogP) is -4.54. The number of carbonyl (C=O) groups is 10. The first-order valence-corrected chi connectivity index (χ1v) is 19.3. The number of nitrogens with one attached hydrogen (secondary N) is 6. The van der Waals surface area contributed by atoms with Gasteiger partial charge in [0.15, 0.2) is 0 Å². The number of nitrogens with zero attached hydrogens (tertiary/aromatic N) is 2. The second kappa shape index (κ2) is 20.6. The summed E-state index contributed by atoms with van der Waals surface area (Å²) in [5.74, 6) is -8.55. The highest BCUT2D eigenvalue weighted by Crippen LogP contribution is 2.25. The van der Waals surface area contributed by atoms with Gasteiger partial charge < -0.3 is 57.6 Å². The zero-order chi connectivity index (χ0) is 39.2. The highest BCUT2D eigenvalue weighted by Gasteiger charge is 2.39. The fraction of sp³-hybridized carbons (Fsp3) is 0.667. The summed E-state index contributed by atoms with van der Waals surface area (Å²) >= 11 is 0. The van der Waals surface area contributed by atoms with Gasteiger partial charge in [-0.25, -0.2) is 4.79 Å². The van der Waals surface area contributed by atoms with Crippen LogP contribution in [0.15, 0.2) is 0 Å². The topological polar surface area (TPSA) is 316 Å². The van der Waals surface area contributed by atoms with Crippen LogP contribution in [0, 0.1) is 0 Å². The molecule has 6 atom stereocenters. The Hall–Kier alpha value is -4.64. The van der Waals surface area contributed by atoms with Crippen molar-refractivity contribution in [3.05, 3.63) is 0 Å². The quantitative estimate of drug-likeness (QED) is 0.121. The Bertz CT molecular complexity index is 1450. The molecule has 3 heterocycles. The van der Waals surface area contributed by atoms with Gasteiger partial charge in [-0.15, -0.1) is 0 Å². The number of carbonyl (C=O) groups excluding carboxylic acids is 8. The summed E-state index contributed by atoms with van der Waals surface area (Å²) < 4.78 is 0. The number of aliphatic carboxylic acids is 2. The van der Waals surface area contributed by atoms with Crippen LogP contribution in [0.25, 0.3) is 0 Å². The van der Waals surface area contributed by atoms with Crippen molar-refractivity contribution in [1.29, 1.82) is 0 Å². The molecular formula is C30H45N9O12S2. The third-order valence-corrected chi connectivity index (χ3v) is 11.0. The second-order valence-electron chi connectivity index (χ2n) is 12.5. The van der Waals surface area contributed by atoms with Crippen LogP contribution < -0.4 is 37.6 Å². The first kappa shape index (κ1) is 42.8. The standard InChI is InChI=1S/C30H45N9O12S2/c1-15-25(45)32-11-22(41)36-18(30(50)51)14-53-52-13-16(31)29(49)39-9-3-4-19(39)27(47)34-12-23(42)38-8-2-5-20(38)28(48)37-17(6-7-24(43)44)26(46)33-10-21(40)35-15/h15-20H,2-14,31H2,1H3,(H,32,45)(H,33,46)(H,34,47)(H,35,40)(H,36,41)(H,37,48)(H,43,44)(H,50,51)/t15-,16-,17-,18-,19-,20-/m0/s1.